The maximum Gasteiger partial charge on any atom is 0.306 e. The molecule has 0 N–H and O–H groups in total. The summed E-state index contributed by atoms with van der Waals surface area (Å²) in [7, 11) is 0. The zero-order valence-electron chi connectivity index (χ0n) is 55.4. The van der Waals surface area contributed by atoms with Gasteiger partial charge in [-0.05, 0) is 44.9 Å². The molecule has 81 heavy (non-hydrogen) atoms. The third-order valence-corrected chi connectivity index (χ3v) is 17.3. The Balaban J connectivity index is 4.13. The van der Waals surface area contributed by atoms with Gasteiger partial charge in [-0.3, -0.25) is 14.4 Å². The van der Waals surface area contributed by atoms with Crippen molar-refractivity contribution in [2.24, 2.45) is 0 Å². The van der Waals surface area contributed by atoms with E-state index < -0.39 is 6.10 Å². The van der Waals surface area contributed by atoms with Gasteiger partial charge in [0, 0.05) is 19.3 Å². The van der Waals surface area contributed by atoms with Gasteiger partial charge >= 0.3 is 17.9 Å². The number of carbonyl (C=O) groups excluding carboxylic acids is 3. The van der Waals surface area contributed by atoms with Crippen LogP contribution in [0.5, 0.6) is 0 Å². The monoisotopic (exact) mass is 1140 g/mol. The van der Waals surface area contributed by atoms with Crippen LogP contribution in [0.2, 0.25) is 0 Å². The lowest BCUT2D eigenvalue weighted by Gasteiger charge is -2.18. The Morgan fingerprint density at radius 3 is 0.617 bits per heavy atom. The van der Waals surface area contributed by atoms with E-state index in [1.165, 1.54) is 334 Å². The number of esters is 3. The summed E-state index contributed by atoms with van der Waals surface area (Å²) in [4.78, 5) is 38.4. The minimum absolute atomic E-state index is 0.0648. The van der Waals surface area contributed by atoms with Crippen LogP contribution in [0, 0.1) is 0 Å². The third-order valence-electron chi connectivity index (χ3n) is 17.3. The van der Waals surface area contributed by atoms with Gasteiger partial charge in [-0.2, -0.15) is 0 Å². The number of unbranched alkanes of at least 4 members (excludes halogenated alkanes) is 57. The highest BCUT2D eigenvalue weighted by Crippen LogP contribution is 2.19. The van der Waals surface area contributed by atoms with Gasteiger partial charge in [-0.1, -0.05) is 380 Å². The predicted molar refractivity (Wildman–Crippen MR) is 353 cm³/mol. The number of allylic oxidation sites excluding steroid dienone is 2. The van der Waals surface area contributed by atoms with Crippen molar-refractivity contribution in [1.82, 2.24) is 0 Å². The molecular formula is C75H144O6. The minimum Gasteiger partial charge on any atom is -0.462 e. The van der Waals surface area contributed by atoms with E-state index in [0.717, 1.165) is 57.8 Å². The number of rotatable bonds is 70. The first kappa shape index (κ1) is 79.2. The lowest BCUT2D eigenvalue weighted by Crippen LogP contribution is -2.30. The quantitative estimate of drug-likeness (QED) is 0.0261. The molecule has 0 fully saturated rings. The van der Waals surface area contributed by atoms with Crippen LogP contribution in [0.25, 0.3) is 0 Å². The lowest BCUT2D eigenvalue weighted by molar-refractivity contribution is -0.167. The van der Waals surface area contributed by atoms with Crippen molar-refractivity contribution < 1.29 is 28.6 Å². The molecule has 0 aromatic carbocycles. The van der Waals surface area contributed by atoms with Gasteiger partial charge in [0.1, 0.15) is 13.2 Å². The summed E-state index contributed by atoms with van der Waals surface area (Å²) in [5, 5.41) is 0. The molecule has 0 amide bonds. The first-order valence-corrected chi connectivity index (χ1v) is 37.2. The van der Waals surface area contributed by atoms with Crippen molar-refractivity contribution in [3.05, 3.63) is 12.2 Å². The van der Waals surface area contributed by atoms with Crippen molar-refractivity contribution in [3.63, 3.8) is 0 Å². The van der Waals surface area contributed by atoms with Crippen LogP contribution in [0.1, 0.15) is 432 Å². The second kappa shape index (κ2) is 70.6. The Kier molecular flexibility index (Phi) is 69.0. The molecule has 0 saturated carbocycles. The molecule has 6 heteroatoms. The highest BCUT2D eigenvalue weighted by molar-refractivity contribution is 5.71. The van der Waals surface area contributed by atoms with E-state index in [9.17, 15) is 14.4 Å². The highest BCUT2D eigenvalue weighted by atomic mass is 16.6. The van der Waals surface area contributed by atoms with Gasteiger partial charge in [-0.25, -0.2) is 0 Å². The van der Waals surface area contributed by atoms with Crippen LogP contribution in [-0.2, 0) is 28.6 Å². The van der Waals surface area contributed by atoms with Gasteiger partial charge in [-0.15, -0.1) is 0 Å². The first-order valence-electron chi connectivity index (χ1n) is 37.2. The third kappa shape index (κ3) is 68.8. The normalized spacial score (nSPS) is 12.0. The van der Waals surface area contributed by atoms with Gasteiger partial charge in [0.05, 0.1) is 0 Å². The van der Waals surface area contributed by atoms with E-state index in [1.54, 1.807) is 0 Å². The van der Waals surface area contributed by atoms with Crippen molar-refractivity contribution in [1.29, 1.82) is 0 Å². The number of hydrogen-bond acceptors (Lipinski definition) is 6. The van der Waals surface area contributed by atoms with Gasteiger partial charge in [0.25, 0.3) is 0 Å². The molecular weight excluding hydrogens is 997 g/mol. The maximum atomic E-state index is 12.9. The Morgan fingerprint density at radius 1 is 0.235 bits per heavy atom. The number of ether oxygens (including phenoxy) is 3. The average molecular weight is 1140 g/mol. The summed E-state index contributed by atoms with van der Waals surface area (Å²) in [5.74, 6) is -0.833. The predicted octanol–water partition coefficient (Wildman–Crippen LogP) is 25.6. The van der Waals surface area contributed by atoms with E-state index in [0.29, 0.717) is 19.3 Å². The Labute approximate surface area is 507 Å². The molecule has 1 unspecified atom stereocenters. The molecule has 0 aliphatic rings. The van der Waals surface area contributed by atoms with Crippen LogP contribution in [-0.4, -0.2) is 37.2 Å². The molecule has 0 heterocycles. The summed E-state index contributed by atoms with van der Waals surface area (Å²) >= 11 is 0. The summed E-state index contributed by atoms with van der Waals surface area (Å²) in [6, 6.07) is 0. The number of carbonyl (C=O) groups is 3. The van der Waals surface area contributed by atoms with Crippen molar-refractivity contribution in [2.75, 3.05) is 13.2 Å². The Morgan fingerprint density at radius 2 is 0.407 bits per heavy atom. The molecule has 0 aromatic heterocycles. The second-order valence-corrected chi connectivity index (χ2v) is 25.6. The average Bonchev–Trinajstić information content (AvgIpc) is 3.47. The van der Waals surface area contributed by atoms with Crippen molar-refractivity contribution in [3.8, 4) is 0 Å². The smallest absolute Gasteiger partial charge is 0.306 e. The van der Waals surface area contributed by atoms with E-state index in [-0.39, 0.29) is 31.1 Å². The minimum atomic E-state index is -0.769. The van der Waals surface area contributed by atoms with E-state index >= 15 is 0 Å². The van der Waals surface area contributed by atoms with Crippen LogP contribution in [0.3, 0.4) is 0 Å². The summed E-state index contributed by atoms with van der Waals surface area (Å²) in [6.07, 6.45) is 85.5. The largest absolute Gasteiger partial charge is 0.462 e. The van der Waals surface area contributed by atoms with Crippen LogP contribution in [0.15, 0.2) is 12.2 Å². The maximum absolute atomic E-state index is 12.9. The molecule has 0 spiro atoms. The van der Waals surface area contributed by atoms with Crippen molar-refractivity contribution in [2.45, 2.75) is 438 Å². The molecule has 6 nitrogen and oxygen atoms in total. The molecule has 0 radical (unpaired) electrons. The molecule has 1 atom stereocenters. The Hall–Kier alpha value is -1.85. The fraction of sp³-hybridized carbons (Fsp3) is 0.933. The van der Waals surface area contributed by atoms with E-state index in [4.69, 9.17) is 14.2 Å². The molecule has 0 aromatic rings. The summed E-state index contributed by atoms with van der Waals surface area (Å²) < 4.78 is 17.0. The summed E-state index contributed by atoms with van der Waals surface area (Å²) in [5.41, 5.74) is 0. The fourth-order valence-electron chi connectivity index (χ4n) is 11.7. The zero-order valence-corrected chi connectivity index (χ0v) is 55.4. The van der Waals surface area contributed by atoms with Gasteiger partial charge in [0.15, 0.2) is 6.10 Å². The molecule has 0 aliphatic heterocycles. The van der Waals surface area contributed by atoms with E-state index in [2.05, 4.69) is 32.9 Å². The topological polar surface area (TPSA) is 78.9 Å². The van der Waals surface area contributed by atoms with Gasteiger partial charge in [0.2, 0.25) is 0 Å². The molecule has 0 bridgehead atoms. The standard InChI is InChI=1S/C75H144O6/c1-4-7-10-13-16-19-22-25-28-30-32-33-34-35-36-37-38-39-40-41-42-43-44-46-47-50-53-56-59-62-65-68-74(77)80-71-72(70-79-73(76)67-64-61-58-55-52-49-27-24-21-18-15-12-9-6-3)81-75(78)69-66-63-60-57-54-51-48-45-31-29-26-23-20-17-14-11-8-5-2/h29,31,72H,4-28,30,32-71H2,1-3H3/b31-29-. The summed E-state index contributed by atoms with van der Waals surface area (Å²) in [6.45, 7) is 6.73. The van der Waals surface area contributed by atoms with Crippen LogP contribution in [0.4, 0.5) is 0 Å². The molecule has 480 valence electrons. The second-order valence-electron chi connectivity index (χ2n) is 25.6. The zero-order chi connectivity index (χ0) is 58.5. The SMILES string of the molecule is CCCCCCCCC/C=C\CCCCCCCCCC(=O)OC(COC(=O)CCCCCCCCCCCCCCCC)COC(=O)CCCCCCCCCCCCCCCCCCCCCCCCCCCCCCCCC. The molecule has 0 rings (SSSR count). The van der Waals surface area contributed by atoms with E-state index in [1.807, 2.05) is 0 Å². The first-order chi connectivity index (χ1) is 40.0. The lowest BCUT2D eigenvalue weighted by atomic mass is 10.0. The van der Waals surface area contributed by atoms with Crippen LogP contribution >= 0.6 is 0 Å². The van der Waals surface area contributed by atoms with Crippen LogP contribution < -0.4 is 0 Å². The van der Waals surface area contributed by atoms with Gasteiger partial charge < -0.3 is 14.2 Å². The Bertz CT molecular complexity index is 1260. The number of hydrogen-bond donors (Lipinski definition) is 0. The highest BCUT2D eigenvalue weighted by Gasteiger charge is 2.20. The fourth-order valence-corrected chi connectivity index (χ4v) is 11.7. The molecule has 0 saturated heterocycles. The molecule has 0 aliphatic carbocycles. The van der Waals surface area contributed by atoms with Crippen molar-refractivity contribution >= 4 is 17.9 Å².